The molecule has 16 heavy (non-hydrogen) atoms. The zero-order chi connectivity index (χ0) is 12.2. The Bertz CT molecular complexity index is 354. The minimum atomic E-state index is -0.545. The maximum atomic E-state index is 11.4. The van der Waals surface area contributed by atoms with Crippen LogP contribution < -0.4 is 10.1 Å². The molecule has 88 valence electrons. The normalized spacial score (nSPS) is 11.0. The van der Waals surface area contributed by atoms with Crippen LogP contribution in [0, 0.1) is 0 Å². The largest absolute Gasteiger partial charge is 0.414 e. The minimum Gasteiger partial charge on any atom is -0.392 e. The summed E-state index contributed by atoms with van der Waals surface area (Å²) in [7, 11) is 0. The molecule has 0 atom stereocenters. The van der Waals surface area contributed by atoms with E-state index in [1.165, 1.54) is 12.3 Å². The molecule has 1 amide bonds. The van der Waals surface area contributed by atoms with E-state index >= 15 is 0 Å². The third-order valence-corrected chi connectivity index (χ3v) is 1.65. The van der Waals surface area contributed by atoms with Crippen molar-refractivity contribution < 1.29 is 14.6 Å². The molecule has 1 rings (SSSR count). The van der Waals surface area contributed by atoms with Crippen molar-refractivity contribution in [3.05, 3.63) is 23.9 Å². The molecule has 0 aromatic carbocycles. The van der Waals surface area contributed by atoms with Crippen molar-refractivity contribution in [2.75, 3.05) is 0 Å². The van der Waals surface area contributed by atoms with Gasteiger partial charge in [0, 0.05) is 17.8 Å². The summed E-state index contributed by atoms with van der Waals surface area (Å²) in [5.74, 6) is 0.207. The van der Waals surface area contributed by atoms with E-state index in [4.69, 9.17) is 9.84 Å². The standard InChI is InChI=1S/C11H16N2O3/c1-11(2,3)13-10(15)16-9-5-4-8(7-14)6-12-9/h4-6,14H,7H2,1-3H3,(H,13,15). The van der Waals surface area contributed by atoms with Gasteiger partial charge >= 0.3 is 6.09 Å². The zero-order valence-corrected chi connectivity index (χ0v) is 9.65. The van der Waals surface area contributed by atoms with E-state index in [2.05, 4.69) is 10.3 Å². The number of nitrogens with zero attached hydrogens (tertiary/aromatic N) is 1. The number of carbonyl (C=O) groups excluding carboxylic acids is 1. The molecule has 2 N–H and O–H groups in total. The van der Waals surface area contributed by atoms with Gasteiger partial charge in [-0.15, -0.1) is 0 Å². The van der Waals surface area contributed by atoms with E-state index in [0.29, 0.717) is 5.56 Å². The van der Waals surface area contributed by atoms with Crippen molar-refractivity contribution in [2.24, 2.45) is 0 Å². The van der Waals surface area contributed by atoms with Gasteiger partial charge in [-0.25, -0.2) is 9.78 Å². The highest BCUT2D eigenvalue weighted by atomic mass is 16.6. The highest BCUT2D eigenvalue weighted by Gasteiger charge is 2.15. The number of pyridine rings is 1. The number of aromatic nitrogens is 1. The molecule has 1 aromatic rings. The van der Waals surface area contributed by atoms with Crippen LogP contribution in [0.3, 0.4) is 0 Å². The minimum absolute atomic E-state index is 0.0819. The van der Waals surface area contributed by atoms with Gasteiger partial charge in [0.05, 0.1) is 6.61 Å². The fraction of sp³-hybridized carbons (Fsp3) is 0.455. The van der Waals surface area contributed by atoms with Crippen LogP contribution >= 0.6 is 0 Å². The zero-order valence-electron chi connectivity index (χ0n) is 9.65. The number of hydrogen-bond donors (Lipinski definition) is 2. The Morgan fingerprint density at radius 1 is 1.50 bits per heavy atom. The Labute approximate surface area is 94.5 Å². The molecule has 0 spiro atoms. The van der Waals surface area contributed by atoms with Crippen LogP contribution in [-0.2, 0) is 6.61 Å². The average molecular weight is 224 g/mol. The molecule has 0 saturated heterocycles. The van der Waals surface area contributed by atoms with Gasteiger partial charge in [-0.1, -0.05) is 0 Å². The van der Waals surface area contributed by atoms with Crippen LogP contribution in [0.2, 0.25) is 0 Å². The first kappa shape index (κ1) is 12.4. The third kappa shape index (κ3) is 4.27. The second-order valence-electron chi connectivity index (χ2n) is 4.43. The Morgan fingerprint density at radius 2 is 2.19 bits per heavy atom. The topological polar surface area (TPSA) is 71.5 Å². The number of rotatable bonds is 2. The Hall–Kier alpha value is -1.62. The number of amides is 1. The number of aliphatic hydroxyl groups is 1. The lowest BCUT2D eigenvalue weighted by molar-refractivity contribution is 0.188. The van der Waals surface area contributed by atoms with Crippen molar-refractivity contribution in [3.63, 3.8) is 0 Å². The molecule has 5 nitrogen and oxygen atoms in total. The average Bonchev–Trinajstić information content (AvgIpc) is 2.16. The lowest BCUT2D eigenvalue weighted by Gasteiger charge is -2.19. The third-order valence-electron chi connectivity index (χ3n) is 1.65. The van der Waals surface area contributed by atoms with Crippen molar-refractivity contribution in [1.29, 1.82) is 0 Å². The van der Waals surface area contributed by atoms with Gasteiger partial charge in [-0.05, 0) is 32.4 Å². The van der Waals surface area contributed by atoms with Crippen molar-refractivity contribution >= 4 is 6.09 Å². The van der Waals surface area contributed by atoms with Gasteiger partial charge in [0.1, 0.15) is 0 Å². The van der Waals surface area contributed by atoms with Crippen LogP contribution in [0.25, 0.3) is 0 Å². The Balaban J connectivity index is 2.56. The lowest BCUT2D eigenvalue weighted by Crippen LogP contribution is -2.42. The summed E-state index contributed by atoms with van der Waals surface area (Å²) in [4.78, 5) is 15.2. The first-order valence-corrected chi connectivity index (χ1v) is 4.96. The van der Waals surface area contributed by atoms with Gasteiger partial charge in [-0.3, -0.25) is 0 Å². The summed E-state index contributed by atoms with van der Waals surface area (Å²) in [6, 6.07) is 3.18. The van der Waals surface area contributed by atoms with Crippen molar-refractivity contribution in [2.45, 2.75) is 32.9 Å². The fourth-order valence-corrected chi connectivity index (χ4v) is 0.992. The molecule has 0 unspecified atom stereocenters. The summed E-state index contributed by atoms with van der Waals surface area (Å²) in [6.45, 7) is 5.49. The summed E-state index contributed by atoms with van der Waals surface area (Å²) in [5.41, 5.74) is 0.325. The van der Waals surface area contributed by atoms with Crippen LogP contribution in [0.1, 0.15) is 26.3 Å². The van der Waals surface area contributed by atoms with E-state index in [1.807, 2.05) is 20.8 Å². The molecule has 5 heteroatoms. The summed E-state index contributed by atoms with van der Waals surface area (Å²) >= 11 is 0. The quantitative estimate of drug-likeness (QED) is 0.797. The fourth-order valence-electron chi connectivity index (χ4n) is 0.992. The summed E-state index contributed by atoms with van der Waals surface area (Å²) < 4.78 is 4.95. The molecule has 0 aliphatic carbocycles. The highest BCUT2D eigenvalue weighted by molar-refractivity contribution is 5.70. The van der Waals surface area contributed by atoms with E-state index in [0.717, 1.165) is 0 Å². The number of ether oxygens (including phenoxy) is 1. The second-order valence-corrected chi connectivity index (χ2v) is 4.43. The lowest BCUT2D eigenvalue weighted by atomic mass is 10.1. The van der Waals surface area contributed by atoms with Crippen LogP contribution in [-0.4, -0.2) is 21.7 Å². The second kappa shape index (κ2) is 4.94. The van der Waals surface area contributed by atoms with E-state index in [1.54, 1.807) is 6.07 Å². The number of carbonyl (C=O) groups is 1. The molecular formula is C11H16N2O3. The molecular weight excluding hydrogens is 208 g/mol. The smallest absolute Gasteiger partial charge is 0.392 e. The predicted molar refractivity (Wildman–Crippen MR) is 59.1 cm³/mol. The van der Waals surface area contributed by atoms with E-state index in [9.17, 15) is 4.79 Å². The SMILES string of the molecule is CC(C)(C)NC(=O)Oc1ccc(CO)cn1. The van der Waals surface area contributed by atoms with Crippen LogP contribution in [0.15, 0.2) is 18.3 Å². The molecule has 0 aliphatic heterocycles. The summed E-state index contributed by atoms with van der Waals surface area (Å²) in [6.07, 6.45) is 0.913. The van der Waals surface area contributed by atoms with Crippen molar-refractivity contribution in [3.8, 4) is 5.88 Å². The van der Waals surface area contributed by atoms with Gasteiger partial charge in [0.2, 0.25) is 5.88 Å². The number of nitrogens with one attached hydrogen (secondary N) is 1. The molecule has 0 saturated carbocycles. The Kier molecular flexibility index (Phi) is 3.84. The van der Waals surface area contributed by atoms with Crippen LogP contribution in [0.5, 0.6) is 5.88 Å². The van der Waals surface area contributed by atoms with Gasteiger partial charge in [0.15, 0.2) is 0 Å². The van der Waals surface area contributed by atoms with Crippen molar-refractivity contribution in [1.82, 2.24) is 10.3 Å². The molecule has 1 heterocycles. The van der Waals surface area contributed by atoms with Gasteiger partial charge in [0.25, 0.3) is 0 Å². The molecule has 0 aliphatic rings. The Morgan fingerprint density at radius 3 is 2.62 bits per heavy atom. The predicted octanol–water partition coefficient (Wildman–Crippen LogP) is 1.46. The highest BCUT2D eigenvalue weighted by Crippen LogP contribution is 2.08. The van der Waals surface area contributed by atoms with Crippen LogP contribution in [0.4, 0.5) is 4.79 Å². The van der Waals surface area contributed by atoms with Gasteiger partial charge in [-0.2, -0.15) is 0 Å². The van der Waals surface area contributed by atoms with E-state index in [-0.39, 0.29) is 18.0 Å². The number of aliphatic hydroxyl groups excluding tert-OH is 1. The number of hydrogen-bond acceptors (Lipinski definition) is 4. The first-order valence-electron chi connectivity index (χ1n) is 4.96. The molecule has 0 radical (unpaired) electrons. The molecule has 0 bridgehead atoms. The van der Waals surface area contributed by atoms with Gasteiger partial charge < -0.3 is 15.2 Å². The van der Waals surface area contributed by atoms with E-state index < -0.39 is 6.09 Å². The maximum absolute atomic E-state index is 11.4. The molecule has 0 fully saturated rings. The maximum Gasteiger partial charge on any atom is 0.414 e. The summed E-state index contributed by atoms with van der Waals surface area (Å²) in [5, 5.41) is 11.4. The monoisotopic (exact) mass is 224 g/mol. The molecule has 1 aromatic heterocycles. The first-order chi connectivity index (χ1) is 7.40.